The number of nitrogens with one attached hydrogen (secondary N) is 1. The van der Waals surface area contributed by atoms with Crippen molar-refractivity contribution >= 4 is 40.5 Å². The number of aromatic nitrogens is 1. The molecule has 15 heteroatoms. The third kappa shape index (κ3) is 9.12. The summed E-state index contributed by atoms with van der Waals surface area (Å²) in [5.74, 6) is 0.779. The first-order valence-electron chi connectivity index (χ1n) is 12.6. The number of ether oxygens (including phenoxy) is 2. The highest BCUT2D eigenvalue weighted by molar-refractivity contribution is 7.15. The van der Waals surface area contributed by atoms with E-state index in [0.717, 1.165) is 27.3 Å². The number of carbonyl (C=O) groups excluding carboxylic acids is 1. The molecule has 0 atom stereocenters. The van der Waals surface area contributed by atoms with Crippen molar-refractivity contribution in [1.82, 2.24) is 20.1 Å². The Hall–Kier alpha value is -4.27. The van der Waals surface area contributed by atoms with Crippen LogP contribution < -0.4 is 10.1 Å². The number of halogens is 1. The third-order valence-electron chi connectivity index (χ3n) is 5.82. The summed E-state index contributed by atoms with van der Waals surface area (Å²) in [7, 11) is 4.65. The van der Waals surface area contributed by atoms with Crippen molar-refractivity contribution in [1.29, 1.82) is 0 Å². The number of aryl methyl sites for hydroxylation is 2. The maximum atomic E-state index is 12.1. The highest BCUT2D eigenvalue weighted by Crippen LogP contribution is 2.22. The molecule has 13 nitrogen and oxygen atoms in total. The molecule has 0 saturated carbocycles. The minimum atomic E-state index is -0.718. The number of nitro groups is 1. The summed E-state index contributed by atoms with van der Waals surface area (Å²) in [5.41, 5.74) is 3.97. The Labute approximate surface area is 252 Å². The Morgan fingerprint density at radius 3 is 2.69 bits per heavy atom. The molecule has 2 aromatic carbocycles. The van der Waals surface area contributed by atoms with E-state index in [1.807, 2.05) is 56.3 Å². The van der Waals surface area contributed by atoms with E-state index < -0.39 is 5.03 Å². The fourth-order valence-corrected chi connectivity index (χ4v) is 4.83. The van der Waals surface area contributed by atoms with Crippen LogP contribution in [0.2, 0.25) is 4.47 Å². The molecule has 1 saturated heterocycles. The minimum Gasteiger partial charge on any atom is -0.489 e. The van der Waals surface area contributed by atoms with E-state index in [0.29, 0.717) is 23.2 Å². The third-order valence-corrected chi connectivity index (χ3v) is 6.92. The van der Waals surface area contributed by atoms with E-state index in [1.54, 1.807) is 30.1 Å². The number of guanidine groups is 1. The molecule has 3 aromatic rings. The zero-order valence-corrected chi connectivity index (χ0v) is 25.4. The normalized spacial score (nSPS) is 14.2. The highest BCUT2D eigenvalue weighted by atomic mass is 35.5. The molecule has 0 aliphatic carbocycles. The van der Waals surface area contributed by atoms with E-state index in [9.17, 15) is 14.9 Å². The smallest absolute Gasteiger partial charge is 0.277 e. The lowest BCUT2D eigenvalue weighted by atomic mass is 10.0. The van der Waals surface area contributed by atoms with Crippen LogP contribution in [0.25, 0.3) is 0 Å². The van der Waals surface area contributed by atoms with Gasteiger partial charge in [0.25, 0.3) is 11.9 Å². The van der Waals surface area contributed by atoms with Gasteiger partial charge in [-0.2, -0.15) is 0 Å². The van der Waals surface area contributed by atoms with Crippen LogP contribution >= 0.6 is 22.9 Å². The highest BCUT2D eigenvalue weighted by Gasteiger charge is 2.25. The Balaban J connectivity index is 0.000000240. The van der Waals surface area contributed by atoms with Crippen molar-refractivity contribution in [3.05, 3.63) is 90.4 Å². The van der Waals surface area contributed by atoms with Crippen LogP contribution in [-0.2, 0) is 27.5 Å². The van der Waals surface area contributed by atoms with E-state index in [2.05, 4.69) is 20.6 Å². The van der Waals surface area contributed by atoms with Crippen molar-refractivity contribution < 1.29 is 24.1 Å². The van der Waals surface area contributed by atoms with Crippen LogP contribution in [0.15, 0.2) is 58.9 Å². The molecule has 1 aliphatic heterocycles. The van der Waals surface area contributed by atoms with Gasteiger partial charge in [-0.1, -0.05) is 53.2 Å². The number of thiazole rings is 1. The molecule has 2 heterocycles. The zero-order chi connectivity index (χ0) is 30.6. The summed E-state index contributed by atoms with van der Waals surface area (Å²) in [6, 6.07) is 13.6. The molecular weight excluding hydrogens is 586 g/mol. The van der Waals surface area contributed by atoms with E-state index in [1.165, 1.54) is 18.4 Å². The number of hydrogen-bond donors (Lipinski definition) is 1. The molecule has 42 heavy (non-hydrogen) atoms. The summed E-state index contributed by atoms with van der Waals surface area (Å²) in [4.78, 5) is 35.4. The molecule has 0 unspecified atom stereocenters. The predicted molar refractivity (Wildman–Crippen MR) is 160 cm³/mol. The number of benzene rings is 2. The fraction of sp³-hybridized carbons (Fsp3) is 0.333. The number of nitrogens with zero attached hydrogens (tertiary/aromatic N) is 6. The predicted octanol–water partition coefficient (Wildman–Crippen LogP) is 4.00. The maximum Gasteiger partial charge on any atom is 0.277 e. The molecule has 1 aromatic heterocycles. The Kier molecular flexibility index (Phi) is 12.0. The Morgan fingerprint density at radius 1 is 1.26 bits per heavy atom. The number of amides is 1. The first-order chi connectivity index (χ1) is 20.1. The number of oxime groups is 1. The van der Waals surface area contributed by atoms with Crippen molar-refractivity contribution in [3.63, 3.8) is 0 Å². The van der Waals surface area contributed by atoms with Gasteiger partial charge in [0.1, 0.15) is 38.0 Å². The zero-order valence-electron chi connectivity index (χ0n) is 23.9. The topological polar surface area (TPSA) is 144 Å². The SMILES string of the molecule is CN1COCN(Cc2cnc(Cl)s2)/C1=N/[N+](=O)[O-].CNC(=O)/C(=N/OC)c1ccccc1COc1cc(C)ccc1C. The van der Waals surface area contributed by atoms with Gasteiger partial charge in [0.15, 0.2) is 15.2 Å². The molecule has 1 N–H and O–H groups in total. The average molecular weight is 618 g/mol. The van der Waals surface area contributed by atoms with Gasteiger partial charge in [-0.15, -0.1) is 11.3 Å². The largest absolute Gasteiger partial charge is 0.489 e. The van der Waals surface area contributed by atoms with Gasteiger partial charge >= 0.3 is 0 Å². The number of hydrazone groups is 1. The molecule has 0 spiro atoms. The monoisotopic (exact) mass is 617 g/mol. The Morgan fingerprint density at radius 2 is 2.02 bits per heavy atom. The van der Waals surface area contributed by atoms with Gasteiger partial charge in [-0.05, 0) is 36.6 Å². The van der Waals surface area contributed by atoms with E-state index >= 15 is 0 Å². The van der Waals surface area contributed by atoms with Crippen LogP contribution in [0, 0.1) is 24.0 Å². The Bertz CT molecular complexity index is 1450. The average Bonchev–Trinajstić information content (AvgIpc) is 3.38. The number of rotatable bonds is 9. The lowest BCUT2D eigenvalue weighted by Crippen LogP contribution is -2.49. The second-order valence-corrected chi connectivity index (χ2v) is 10.7. The van der Waals surface area contributed by atoms with Gasteiger partial charge < -0.3 is 29.4 Å². The van der Waals surface area contributed by atoms with Crippen molar-refractivity contribution in [3.8, 4) is 5.75 Å². The lowest BCUT2D eigenvalue weighted by molar-refractivity contribution is -0.486. The minimum absolute atomic E-state index is 0.222. The number of likely N-dealkylation sites (N-methyl/N-ethyl adjacent to an activating group) is 1. The summed E-state index contributed by atoms with van der Waals surface area (Å²) >= 11 is 7.05. The van der Waals surface area contributed by atoms with Crippen LogP contribution in [0.1, 0.15) is 27.1 Å². The fourth-order valence-electron chi connectivity index (χ4n) is 3.84. The molecule has 1 amide bonds. The van der Waals surface area contributed by atoms with Crippen LogP contribution in [0.3, 0.4) is 0 Å². The first kappa shape index (κ1) is 32.2. The van der Waals surface area contributed by atoms with Crippen molar-refractivity contribution in [2.24, 2.45) is 10.3 Å². The number of carbonyl (C=O) groups is 1. The lowest BCUT2D eigenvalue weighted by Gasteiger charge is -2.34. The first-order valence-corrected chi connectivity index (χ1v) is 13.8. The molecular formula is C27H32ClN7O6S. The molecule has 1 fully saturated rings. The molecule has 0 bridgehead atoms. The summed E-state index contributed by atoms with van der Waals surface area (Å²) < 4.78 is 11.7. The molecule has 224 valence electrons. The van der Waals surface area contributed by atoms with E-state index in [4.69, 9.17) is 25.9 Å². The summed E-state index contributed by atoms with van der Waals surface area (Å²) in [6.07, 6.45) is 1.63. The standard InChI is InChI=1S/C19H22N2O3.C8H10ClN5O3S/c1-13-9-10-14(2)17(11-13)24-12-15-7-5-6-8-16(15)18(21-23-4)19(22)20-3;1-12-4-17-5-13(8(12)11-14(15)16)3-6-2-10-7(9)18-6/h5-11H,12H2,1-4H3,(H,20,22);2H,3-5H2,1H3/b21-18+;11-8+. The second kappa shape index (κ2) is 15.7. The number of hydrogen-bond acceptors (Lipinski definition) is 9. The molecule has 4 rings (SSSR count). The molecule has 1 aliphatic rings. The van der Waals surface area contributed by atoms with Crippen LogP contribution in [-0.4, -0.2) is 72.1 Å². The van der Waals surface area contributed by atoms with Gasteiger partial charge in [0.2, 0.25) is 0 Å². The van der Waals surface area contributed by atoms with E-state index in [-0.39, 0.29) is 31.0 Å². The van der Waals surface area contributed by atoms with Gasteiger partial charge in [-0.25, -0.2) is 15.1 Å². The summed E-state index contributed by atoms with van der Waals surface area (Å²) in [5, 5.41) is 19.6. The molecule has 0 radical (unpaired) electrons. The van der Waals surface area contributed by atoms with Crippen molar-refractivity contribution in [2.45, 2.75) is 27.0 Å². The summed E-state index contributed by atoms with van der Waals surface area (Å²) in [6.45, 7) is 5.29. The van der Waals surface area contributed by atoms with Crippen LogP contribution in [0.4, 0.5) is 0 Å². The van der Waals surface area contributed by atoms with Gasteiger partial charge in [0.05, 0.1) is 6.54 Å². The van der Waals surface area contributed by atoms with Crippen molar-refractivity contribution in [2.75, 3.05) is 34.7 Å². The quantitative estimate of drug-likeness (QED) is 0.214. The van der Waals surface area contributed by atoms with Crippen LogP contribution in [0.5, 0.6) is 5.75 Å². The second-order valence-electron chi connectivity index (χ2n) is 8.99. The van der Waals surface area contributed by atoms with Gasteiger partial charge in [-0.3, -0.25) is 4.79 Å². The van der Waals surface area contributed by atoms with Gasteiger partial charge in [0, 0.05) is 30.7 Å². The maximum absolute atomic E-state index is 12.1.